The molecular formula is C18H18FNO2. The lowest BCUT2D eigenvalue weighted by atomic mass is 10.1. The molecule has 114 valence electrons. The molecule has 0 aromatic heterocycles. The Morgan fingerprint density at radius 2 is 1.82 bits per heavy atom. The van der Waals surface area contributed by atoms with Crippen molar-refractivity contribution < 1.29 is 13.9 Å². The van der Waals surface area contributed by atoms with Crippen LogP contribution in [0, 0.1) is 5.82 Å². The van der Waals surface area contributed by atoms with E-state index in [1.165, 1.54) is 12.1 Å². The van der Waals surface area contributed by atoms with Gasteiger partial charge in [-0.3, -0.25) is 0 Å². The molecule has 4 heteroatoms. The Bertz CT molecular complexity index is 636. The first-order valence-electron chi connectivity index (χ1n) is 7.11. The van der Waals surface area contributed by atoms with Crippen LogP contribution in [0.15, 0.2) is 60.2 Å². The Kier molecular flexibility index (Phi) is 5.72. The second-order valence-electron chi connectivity index (χ2n) is 4.66. The van der Waals surface area contributed by atoms with Crippen molar-refractivity contribution in [2.24, 2.45) is 0 Å². The van der Waals surface area contributed by atoms with Crippen molar-refractivity contribution in [1.82, 2.24) is 0 Å². The molecule has 0 unspecified atom stereocenters. The van der Waals surface area contributed by atoms with E-state index in [1.807, 2.05) is 30.3 Å². The van der Waals surface area contributed by atoms with Gasteiger partial charge in [0.2, 0.25) is 0 Å². The Morgan fingerprint density at radius 3 is 2.45 bits per heavy atom. The minimum atomic E-state index is -0.360. The molecule has 3 nitrogen and oxygen atoms in total. The van der Waals surface area contributed by atoms with Crippen LogP contribution in [-0.4, -0.2) is 19.1 Å². The minimum Gasteiger partial charge on any atom is -0.463 e. The number of esters is 1. The first-order chi connectivity index (χ1) is 10.7. The van der Waals surface area contributed by atoms with Crippen LogP contribution in [0.5, 0.6) is 0 Å². The largest absolute Gasteiger partial charge is 0.463 e. The van der Waals surface area contributed by atoms with Gasteiger partial charge >= 0.3 is 5.97 Å². The Hall–Kier alpha value is -2.62. The molecule has 0 aliphatic heterocycles. The summed E-state index contributed by atoms with van der Waals surface area (Å²) >= 11 is 0. The van der Waals surface area contributed by atoms with Crippen LogP contribution in [0.3, 0.4) is 0 Å². The molecule has 2 aromatic carbocycles. The van der Waals surface area contributed by atoms with Crippen LogP contribution in [0.2, 0.25) is 0 Å². The Labute approximate surface area is 129 Å². The van der Waals surface area contributed by atoms with E-state index in [-0.39, 0.29) is 11.8 Å². The average Bonchev–Trinajstić information content (AvgIpc) is 2.54. The summed E-state index contributed by atoms with van der Waals surface area (Å²) < 4.78 is 18.0. The van der Waals surface area contributed by atoms with Crippen molar-refractivity contribution in [3.05, 3.63) is 71.6 Å². The highest BCUT2D eigenvalue weighted by molar-refractivity contribution is 5.94. The maximum atomic E-state index is 12.9. The van der Waals surface area contributed by atoms with Crippen molar-refractivity contribution in [2.75, 3.05) is 18.5 Å². The molecule has 0 heterocycles. The van der Waals surface area contributed by atoms with E-state index in [0.29, 0.717) is 18.7 Å². The number of hydrogen-bond donors (Lipinski definition) is 1. The molecule has 22 heavy (non-hydrogen) atoms. The first-order valence-corrected chi connectivity index (χ1v) is 7.11. The van der Waals surface area contributed by atoms with Crippen LogP contribution in [-0.2, 0) is 9.53 Å². The summed E-state index contributed by atoms with van der Waals surface area (Å²) in [5, 5.41) is 3.10. The molecular weight excluding hydrogens is 281 g/mol. The molecule has 0 fully saturated rings. The molecule has 0 amide bonds. The van der Waals surface area contributed by atoms with Crippen molar-refractivity contribution >= 4 is 17.7 Å². The van der Waals surface area contributed by atoms with Crippen molar-refractivity contribution in [3.8, 4) is 0 Å². The van der Waals surface area contributed by atoms with Crippen molar-refractivity contribution in [3.63, 3.8) is 0 Å². The van der Waals surface area contributed by atoms with E-state index < -0.39 is 0 Å². The molecule has 0 atom stereocenters. The van der Waals surface area contributed by atoms with Crippen molar-refractivity contribution in [2.45, 2.75) is 6.92 Å². The quantitative estimate of drug-likeness (QED) is 0.649. The molecule has 0 bridgehead atoms. The molecule has 2 rings (SSSR count). The fraction of sp³-hybridized carbons (Fsp3) is 0.167. The number of benzene rings is 2. The van der Waals surface area contributed by atoms with Gasteiger partial charge in [-0.15, -0.1) is 0 Å². The lowest BCUT2D eigenvalue weighted by Gasteiger charge is -2.10. The highest BCUT2D eigenvalue weighted by Gasteiger charge is 2.10. The Morgan fingerprint density at radius 1 is 1.14 bits per heavy atom. The number of rotatable bonds is 6. The van der Waals surface area contributed by atoms with Crippen LogP contribution in [0.4, 0.5) is 10.1 Å². The standard InChI is InChI=1S/C18H18FNO2/c1-2-22-18(21)15(12-14-6-4-3-5-7-14)13-20-17-10-8-16(19)9-11-17/h3-12,20H,2,13H2,1H3/b15-12+. The summed E-state index contributed by atoms with van der Waals surface area (Å²) in [6, 6.07) is 15.5. The molecule has 0 aliphatic rings. The molecule has 0 radical (unpaired) electrons. The summed E-state index contributed by atoms with van der Waals surface area (Å²) in [6.45, 7) is 2.40. The van der Waals surface area contributed by atoms with Gasteiger partial charge in [-0.25, -0.2) is 9.18 Å². The van der Waals surface area contributed by atoms with Gasteiger partial charge in [-0.1, -0.05) is 30.3 Å². The van der Waals surface area contributed by atoms with Crippen LogP contribution >= 0.6 is 0 Å². The smallest absolute Gasteiger partial charge is 0.335 e. The number of carbonyl (C=O) groups is 1. The van der Waals surface area contributed by atoms with Gasteiger partial charge < -0.3 is 10.1 Å². The molecule has 0 spiro atoms. The van der Waals surface area contributed by atoms with E-state index in [2.05, 4.69) is 5.32 Å². The van der Waals surface area contributed by atoms with Gasteiger partial charge in [0.1, 0.15) is 5.82 Å². The molecule has 0 saturated heterocycles. The number of halogens is 1. The molecule has 0 aliphatic carbocycles. The average molecular weight is 299 g/mol. The number of ether oxygens (including phenoxy) is 1. The maximum Gasteiger partial charge on any atom is 0.335 e. The SMILES string of the molecule is CCOC(=O)/C(=C/c1ccccc1)CNc1ccc(F)cc1. The van der Waals surface area contributed by atoms with Crippen LogP contribution < -0.4 is 5.32 Å². The second-order valence-corrected chi connectivity index (χ2v) is 4.66. The van der Waals surface area contributed by atoms with E-state index in [1.54, 1.807) is 25.1 Å². The fourth-order valence-electron chi connectivity index (χ4n) is 1.92. The van der Waals surface area contributed by atoms with Gasteiger partial charge in [0.25, 0.3) is 0 Å². The third-order valence-electron chi connectivity index (χ3n) is 3.01. The van der Waals surface area contributed by atoms with E-state index in [9.17, 15) is 9.18 Å². The predicted molar refractivity (Wildman–Crippen MR) is 85.9 cm³/mol. The monoisotopic (exact) mass is 299 g/mol. The number of anilines is 1. The third kappa shape index (κ3) is 4.74. The molecule has 0 saturated carbocycles. The summed E-state index contributed by atoms with van der Waals surface area (Å²) in [4.78, 5) is 12.0. The normalized spacial score (nSPS) is 11.1. The third-order valence-corrected chi connectivity index (χ3v) is 3.01. The van der Waals surface area contributed by atoms with Crippen LogP contribution in [0.1, 0.15) is 12.5 Å². The predicted octanol–water partition coefficient (Wildman–Crippen LogP) is 3.88. The highest BCUT2D eigenvalue weighted by atomic mass is 19.1. The summed E-state index contributed by atoms with van der Waals surface area (Å²) in [7, 11) is 0. The first kappa shape index (κ1) is 15.8. The van der Waals surface area contributed by atoms with E-state index in [0.717, 1.165) is 11.3 Å². The molecule has 2 aromatic rings. The van der Waals surface area contributed by atoms with Gasteiger partial charge in [-0.05, 0) is 42.8 Å². The number of hydrogen-bond acceptors (Lipinski definition) is 3. The summed E-state index contributed by atoms with van der Waals surface area (Å²) in [6.07, 6.45) is 1.79. The Balaban J connectivity index is 2.12. The van der Waals surface area contributed by atoms with Crippen LogP contribution in [0.25, 0.3) is 6.08 Å². The zero-order valence-corrected chi connectivity index (χ0v) is 12.4. The van der Waals surface area contributed by atoms with Gasteiger partial charge in [0, 0.05) is 12.2 Å². The number of nitrogens with one attached hydrogen (secondary N) is 1. The summed E-state index contributed by atoms with van der Waals surface area (Å²) in [5.41, 5.74) is 2.17. The minimum absolute atomic E-state index is 0.295. The second kappa shape index (κ2) is 7.98. The summed E-state index contributed by atoms with van der Waals surface area (Å²) in [5.74, 6) is -0.656. The van der Waals surface area contributed by atoms with Crippen molar-refractivity contribution in [1.29, 1.82) is 0 Å². The lowest BCUT2D eigenvalue weighted by Crippen LogP contribution is -2.15. The zero-order valence-electron chi connectivity index (χ0n) is 12.4. The van der Waals surface area contributed by atoms with E-state index in [4.69, 9.17) is 4.74 Å². The fourth-order valence-corrected chi connectivity index (χ4v) is 1.92. The zero-order chi connectivity index (χ0) is 15.8. The van der Waals surface area contributed by atoms with E-state index >= 15 is 0 Å². The van der Waals surface area contributed by atoms with Gasteiger partial charge in [0.15, 0.2) is 0 Å². The maximum absolute atomic E-state index is 12.9. The highest BCUT2D eigenvalue weighted by Crippen LogP contribution is 2.12. The molecule has 1 N–H and O–H groups in total. The van der Waals surface area contributed by atoms with Gasteiger partial charge in [-0.2, -0.15) is 0 Å². The number of carbonyl (C=O) groups excluding carboxylic acids is 1. The lowest BCUT2D eigenvalue weighted by molar-refractivity contribution is -0.138. The van der Waals surface area contributed by atoms with Gasteiger partial charge in [0.05, 0.1) is 12.2 Å². The topological polar surface area (TPSA) is 38.3 Å².